The Morgan fingerprint density at radius 3 is 2.94 bits per heavy atom. The predicted octanol–water partition coefficient (Wildman–Crippen LogP) is 3.00. The normalized spacial score (nSPS) is 13.0. The molecule has 5 heteroatoms. The van der Waals surface area contributed by atoms with E-state index in [1.165, 1.54) is 4.70 Å². The highest BCUT2D eigenvalue weighted by molar-refractivity contribution is 7.18. The molecule has 0 fully saturated rings. The number of nitrogens with zero attached hydrogens (tertiary/aromatic N) is 2. The second kappa shape index (κ2) is 4.52. The number of hydrogen-bond acceptors (Lipinski definition) is 5. The van der Waals surface area contributed by atoms with Gasteiger partial charge < -0.3 is 5.73 Å². The van der Waals surface area contributed by atoms with Crippen molar-refractivity contribution in [3.8, 4) is 0 Å². The molecule has 2 aromatic heterocycles. The zero-order valence-electron chi connectivity index (χ0n) is 9.04. The molecule has 1 unspecified atom stereocenters. The molecule has 0 bridgehead atoms. The van der Waals surface area contributed by atoms with Crippen LogP contribution in [0.1, 0.15) is 16.7 Å². The molecule has 0 saturated carbocycles. The van der Waals surface area contributed by atoms with Gasteiger partial charge in [0.2, 0.25) is 0 Å². The van der Waals surface area contributed by atoms with Crippen molar-refractivity contribution < 1.29 is 0 Å². The number of aromatic nitrogens is 2. The second-order valence-electron chi connectivity index (χ2n) is 3.81. The molecule has 0 aliphatic rings. The summed E-state index contributed by atoms with van der Waals surface area (Å²) in [6, 6.07) is 8.06. The average Bonchev–Trinajstić information content (AvgIpc) is 2.96. The quantitative estimate of drug-likeness (QED) is 0.788. The van der Waals surface area contributed by atoms with Gasteiger partial charge in [0.05, 0.1) is 27.5 Å². The molecule has 0 spiro atoms. The third kappa shape index (κ3) is 2.22. The third-order valence-electron chi connectivity index (χ3n) is 2.54. The fourth-order valence-electron chi connectivity index (χ4n) is 1.70. The largest absolute Gasteiger partial charge is 0.322 e. The van der Waals surface area contributed by atoms with E-state index in [4.69, 9.17) is 5.73 Å². The van der Waals surface area contributed by atoms with Crippen molar-refractivity contribution in [2.24, 2.45) is 5.73 Å². The van der Waals surface area contributed by atoms with Crippen molar-refractivity contribution in [2.45, 2.75) is 12.5 Å². The minimum atomic E-state index is -0.0606. The molecule has 3 nitrogen and oxygen atoms in total. The van der Waals surface area contributed by atoms with Crippen LogP contribution in [0.25, 0.3) is 10.2 Å². The Balaban J connectivity index is 1.88. The Morgan fingerprint density at radius 2 is 2.18 bits per heavy atom. The van der Waals surface area contributed by atoms with Gasteiger partial charge >= 0.3 is 0 Å². The summed E-state index contributed by atoms with van der Waals surface area (Å²) < 4.78 is 1.19. The molecule has 2 heterocycles. The van der Waals surface area contributed by atoms with Crippen LogP contribution < -0.4 is 5.73 Å². The van der Waals surface area contributed by atoms with Crippen LogP contribution in [0.2, 0.25) is 0 Å². The molecule has 3 rings (SSSR count). The molecule has 0 amide bonds. The highest BCUT2D eigenvalue weighted by Gasteiger charge is 2.13. The minimum absolute atomic E-state index is 0.0606. The van der Waals surface area contributed by atoms with Gasteiger partial charge in [-0.1, -0.05) is 12.1 Å². The van der Waals surface area contributed by atoms with Crippen LogP contribution in [0.5, 0.6) is 0 Å². The van der Waals surface area contributed by atoms with E-state index in [0.717, 1.165) is 22.6 Å². The molecule has 3 aromatic rings. The van der Waals surface area contributed by atoms with Crippen LogP contribution in [0.4, 0.5) is 0 Å². The lowest BCUT2D eigenvalue weighted by Gasteiger charge is -2.04. The Labute approximate surface area is 107 Å². The van der Waals surface area contributed by atoms with E-state index in [0.29, 0.717) is 0 Å². The van der Waals surface area contributed by atoms with Crippen LogP contribution in [0.15, 0.2) is 35.2 Å². The minimum Gasteiger partial charge on any atom is -0.322 e. The zero-order chi connectivity index (χ0) is 11.7. The van der Waals surface area contributed by atoms with Gasteiger partial charge in [-0.15, -0.1) is 22.7 Å². The molecule has 17 heavy (non-hydrogen) atoms. The predicted molar refractivity (Wildman–Crippen MR) is 72.4 cm³/mol. The molecular formula is C12H11N3S2. The molecule has 0 aliphatic carbocycles. The smallest absolute Gasteiger partial charge is 0.111 e. The maximum absolute atomic E-state index is 6.16. The van der Waals surface area contributed by atoms with Crippen LogP contribution >= 0.6 is 22.7 Å². The number of fused-ring (bicyclic) bond motifs is 1. The van der Waals surface area contributed by atoms with Crippen molar-refractivity contribution in [1.82, 2.24) is 9.97 Å². The first kappa shape index (κ1) is 10.8. The van der Waals surface area contributed by atoms with Gasteiger partial charge in [-0.3, -0.25) is 0 Å². The summed E-state index contributed by atoms with van der Waals surface area (Å²) in [6.07, 6.45) is 0.753. The topological polar surface area (TPSA) is 51.8 Å². The lowest BCUT2D eigenvalue weighted by atomic mass is 10.2. The average molecular weight is 261 g/mol. The van der Waals surface area contributed by atoms with Gasteiger partial charge in [0.15, 0.2) is 0 Å². The monoisotopic (exact) mass is 261 g/mol. The first-order valence-corrected chi connectivity index (χ1v) is 7.07. The van der Waals surface area contributed by atoms with E-state index in [1.807, 2.05) is 29.1 Å². The molecule has 86 valence electrons. The summed E-state index contributed by atoms with van der Waals surface area (Å²) in [6.45, 7) is 0. The first-order chi connectivity index (χ1) is 8.33. The SMILES string of the molecule is NC(Cc1cscn1)c1nc2ccccc2s1. The van der Waals surface area contributed by atoms with E-state index in [-0.39, 0.29) is 6.04 Å². The fraction of sp³-hybridized carbons (Fsp3) is 0.167. The number of nitrogens with two attached hydrogens (primary N) is 1. The van der Waals surface area contributed by atoms with E-state index in [1.54, 1.807) is 22.7 Å². The van der Waals surface area contributed by atoms with Gasteiger partial charge in [-0.2, -0.15) is 0 Å². The molecule has 0 radical (unpaired) electrons. The molecule has 1 aromatic carbocycles. The molecule has 2 N–H and O–H groups in total. The van der Waals surface area contributed by atoms with Crippen LogP contribution in [0.3, 0.4) is 0 Å². The number of thiazole rings is 2. The van der Waals surface area contributed by atoms with Crippen molar-refractivity contribution in [2.75, 3.05) is 0 Å². The first-order valence-electron chi connectivity index (χ1n) is 5.31. The van der Waals surface area contributed by atoms with Gasteiger partial charge in [-0.25, -0.2) is 9.97 Å². The van der Waals surface area contributed by atoms with Gasteiger partial charge in [0, 0.05) is 11.8 Å². The van der Waals surface area contributed by atoms with E-state index in [9.17, 15) is 0 Å². The highest BCUT2D eigenvalue weighted by atomic mass is 32.1. The standard InChI is InChI=1S/C12H11N3S2/c13-9(5-8-6-16-7-14-8)12-15-10-3-1-2-4-11(10)17-12/h1-4,6-7,9H,5,13H2. The van der Waals surface area contributed by atoms with Crippen LogP contribution in [-0.2, 0) is 6.42 Å². The summed E-state index contributed by atoms with van der Waals surface area (Å²) >= 11 is 3.26. The van der Waals surface area contributed by atoms with Crippen LogP contribution in [0, 0.1) is 0 Å². The Kier molecular flexibility index (Phi) is 2.88. The number of para-hydroxylation sites is 1. The maximum Gasteiger partial charge on any atom is 0.111 e. The van der Waals surface area contributed by atoms with Crippen molar-refractivity contribution in [1.29, 1.82) is 0 Å². The molecular weight excluding hydrogens is 250 g/mol. The summed E-state index contributed by atoms with van der Waals surface area (Å²) in [5.41, 5.74) is 10.1. The van der Waals surface area contributed by atoms with E-state index >= 15 is 0 Å². The summed E-state index contributed by atoms with van der Waals surface area (Å²) in [5.74, 6) is 0. The Bertz CT molecular complexity index is 583. The van der Waals surface area contributed by atoms with Gasteiger partial charge in [0.25, 0.3) is 0 Å². The number of rotatable bonds is 3. The summed E-state index contributed by atoms with van der Waals surface area (Å²) in [4.78, 5) is 8.81. The Morgan fingerprint density at radius 1 is 1.29 bits per heavy atom. The van der Waals surface area contributed by atoms with Gasteiger partial charge in [0.1, 0.15) is 5.01 Å². The summed E-state index contributed by atoms with van der Waals surface area (Å²) in [5, 5.41) is 3.02. The lowest BCUT2D eigenvalue weighted by Crippen LogP contribution is -2.13. The maximum atomic E-state index is 6.16. The Hall–Kier alpha value is -1.30. The number of hydrogen-bond donors (Lipinski definition) is 1. The molecule has 1 atom stereocenters. The lowest BCUT2D eigenvalue weighted by molar-refractivity contribution is 0.706. The molecule has 0 aliphatic heterocycles. The van der Waals surface area contributed by atoms with Gasteiger partial charge in [-0.05, 0) is 12.1 Å². The van der Waals surface area contributed by atoms with Crippen molar-refractivity contribution in [3.05, 3.63) is 45.9 Å². The van der Waals surface area contributed by atoms with Crippen molar-refractivity contribution in [3.63, 3.8) is 0 Å². The highest BCUT2D eigenvalue weighted by Crippen LogP contribution is 2.26. The van der Waals surface area contributed by atoms with Crippen molar-refractivity contribution >= 4 is 32.9 Å². The van der Waals surface area contributed by atoms with Crippen LogP contribution in [-0.4, -0.2) is 9.97 Å². The van der Waals surface area contributed by atoms with E-state index in [2.05, 4.69) is 16.0 Å². The second-order valence-corrected chi connectivity index (χ2v) is 5.59. The zero-order valence-corrected chi connectivity index (χ0v) is 10.7. The molecule has 0 saturated heterocycles. The number of benzene rings is 1. The summed E-state index contributed by atoms with van der Waals surface area (Å²) in [7, 11) is 0. The van der Waals surface area contributed by atoms with E-state index < -0.39 is 0 Å². The fourth-order valence-corrected chi connectivity index (χ4v) is 3.24. The third-order valence-corrected chi connectivity index (χ3v) is 4.34.